The summed E-state index contributed by atoms with van der Waals surface area (Å²) in [6, 6.07) is 5.91. The normalized spacial score (nSPS) is 15.3. The molecule has 2 heterocycles. The standard InChI is InChI=1S/C22H31FN4O2/c1-5-28-19-12-17(13-20(21(19)23)29-6-2)14-27-9-7-18(8-10-27)26-22-24-15(3)11-16(4)25-22/h11-13,18H,5-10,14H2,1-4H3,(H,24,25,26). The molecular weight excluding hydrogens is 371 g/mol. The van der Waals surface area contributed by atoms with E-state index in [1.54, 1.807) is 12.1 Å². The molecule has 1 aliphatic heterocycles. The van der Waals surface area contributed by atoms with Gasteiger partial charge >= 0.3 is 0 Å². The number of nitrogens with one attached hydrogen (secondary N) is 1. The lowest BCUT2D eigenvalue weighted by Crippen LogP contribution is -2.39. The van der Waals surface area contributed by atoms with Gasteiger partial charge in [0.2, 0.25) is 11.8 Å². The Morgan fingerprint density at radius 1 is 1.00 bits per heavy atom. The molecule has 0 aliphatic carbocycles. The van der Waals surface area contributed by atoms with Gasteiger partial charge in [-0.1, -0.05) is 0 Å². The molecule has 1 fully saturated rings. The number of hydrogen-bond acceptors (Lipinski definition) is 6. The molecule has 29 heavy (non-hydrogen) atoms. The maximum atomic E-state index is 14.4. The van der Waals surface area contributed by atoms with Crippen LogP contribution in [0.5, 0.6) is 11.5 Å². The van der Waals surface area contributed by atoms with Gasteiger partial charge in [0.15, 0.2) is 11.5 Å². The molecule has 2 aromatic rings. The molecule has 158 valence electrons. The maximum absolute atomic E-state index is 14.4. The molecule has 7 heteroatoms. The van der Waals surface area contributed by atoms with Crippen molar-refractivity contribution in [2.45, 2.75) is 53.1 Å². The second kappa shape index (κ2) is 9.87. The highest BCUT2D eigenvalue weighted by atomic mass is 19.1. The van der Waals surface area contributed by atoms with Gasteiger partial charge in [0.1, 0.15) is 0 Å². The molecule has 1 aromatic carbocycles. The first-order valence-electron chi connectivity index (χ1n) is 10.4. The van der Waals surface area contributed by atoms with Crippen LogP contribution in [0.2, 0.25) is 0 Å². The van der Waals surface area contributed by atoms with E-state index in [-0.39, 0.29) is 11.5 Å². The monoisotopic (exact) mass is 402 g/mol. The van der Waals surface area contributed by atoms with E-state index in [1.807, 2.05) is 33.8 Å². The number of hydrogen-bond donors (Lipinski definition) is 1. The van der Waals surface area contributed by atoms with E-state index in [4.69, 9.17) is 9.47 Å². The number of nitrogens with zero attached hydrogens (tertiary/aromatic N) is 3. The number of ether oxygens (including phenoxy) is 2. The average molecular weight is 403 g/mol. The fraction of sp³-hybridized carbons (Fsp3) is 0.545. The predicted octanol–water partition coefficient (Wildman–Crippen LogP) is 4.11. The van der Waals surface area contributed by atoms with Crippen molar-refractivity contribution >= 4 is 5.95 Å². The van der Waals surface area contributed by atoms with Gasteiger partial charge in [0.25, 0.3) is 0 Å². The number of piperidine rings is 1. The number of rotatable bonds is 8. The fourth-order valence-electron chi connectivity index (χ4n) is 3.71. The van der Waals surface area contributed by atoms with Crippen molar-refractivity contribution < 1.29 is 13.9 Å². The number of halogens is 1. The Morgan fingerprint density at radius 2 is 1.55 bits per heavy atom. The number of anilines is 1. The van der Waals surface area contributed by atoms with Gasteiger partial charge in [-0.05, 0) is 64.3 Å². The first kappa shape index (κ1) is 21.3. The average Bonchev–Trinajstić information content (AvgIpc) is 2.66. The Labute approximate surface area is 172 Å². The van der Waals surface area contributed by atoms with Crippen molar-refractivity contribution in [2.24, 2.45) is 0 Å². The number of aryl methyl sites for hydroxylation is 2. The van der Waals surface area contributed by atoms with Gasteiger partial charge in [-0.25, -0.2) is 9.97 Å². The van der Waals surface area contributed by atoms with Crippen LogP contribution >= 0.6 is 0 Å². The molecule has 0 bridgehead atoms. The SMILES string of the molecule is CCOc1cc(CN2CCC(Nc3nc(C)cc(C)n3)CC2)cc(OCC)c1F. The van der Waals surface area contributed by atoms with E-state index in [0.29, 0.717) is 25.2 Å². The Bertz CT molecular complexity index is 775. The van der Waals surface area contributed by atoms with E-state index in [1.165, 1.54) is 0 Å². The van der Waals surface area contributed by atoms with Crippen LogP contribution in [0, 0.1) is 19.7 Å². The van der Waals surface area contributed by atoms with Crippen LogP contribution in [-0.4, -0.2) is 47.2 Å². The summed E-state index contributed by atoms with van der Waals surface area (Å²) in [5.41, 5.74) is 2.95. The fourth-order valence-corrected chi connectivity index (χ4v) is 3.71. The third-order valence-corrected chi connectivity index (χ3v) is 4.97. The van der Waals surface area contributed by atoms with E-state index in [9.17, 15) is 4.39 Å². The largest absolute Gasteiger partial charge is 0.491 e. The summed E-state index contributed by atoms with van der Waals surface area (Å²) in [5, 5.41) is 3.47. The van der Waals surface area contributed by atoms with Crippen LogP contribution < -0.4 is 14.8 Å². The topological polar surface area (TPSA) is 59.5 Å². The maximum Gasteiger partial charge on any atom is 0.223 e. The summed E-state index contributed by atoms with van der Waals surface area (Å²) in [4.78, 5) is 11.3. The first-order chi connectivity index (χ1) is 14.0. The van der Waals surface area contributed by atoms with Crippen LogP contribution in [0.25, 0.3) is 0 Å². The first-order valence-corrected chi connectivity index (χ1v) is 10.4. The van der Waals surface area contributed by atoms with Gasteiger partial charge < -0.3 is 14.8 Å². The molecule has 1 saturated heterocycles. The van der Waals surface area contributed by atoms with Gasteiger partial charge in [-0.3, -0.25) is 4.90 Å². The smallest absolute Gasteiger partial charge is 0.223 e. The Hall–Kier alpha value is -2.41. The van der Waals surface area contributed by atoms with Crippen LogP contribution in [-0.2, 0) is 6.54 Å². The van der Waals surface area contributed by atoms with Gasteiger partial charge in [-0.2, -0.15) is 4.39 Å². The molecule has 1 N–H and O–H groups in total. The second-order valence-corrected chi connectivity index (χ2v) is 7.44. The summed E-state index contributed by atoms with van der Waals surface area (Å²) in [6.07, 6.45) is 2.02. The van der Waals surface area contributed by atoms with Gasteiger partial charge in [0.05, 0.1) is 13.2 Å². The molecule has 0 radical (unpaired) electrons. The van der Waals surface area contributed by atoms with Crippen LogP contribution in [0.15, 0.2) is 18.2 Å². The van der Waals surface area contributed by atoms with Crippen molar-refractivity contribution in [3.8, 4) is 11.5 Å². The van der Waals surface area contributed by atoms with Crippen LogP contribution in [0.4, 0.5) is 10.3 Å². The van der Waals surface area contributed by atoms with Crippen molar-refractivity contribution in [1.82, 2.24) is 14.9 Å². The molecule has 0 saturated carbocycles. The Balaban J connectivity index is 1.60. The quantitative estimate of drug-likeness (QED) is 0.717. The molecular formula is C22H31FN4O2. The van der Waals surface area contributed by atoms with E-state index < -0.39 is 5.82 Å². The minimum Gasteiger partial charge on any atom is -0.491 e. The third-order valence-electron chi connectivity index (χ3n) is 4.97. The summed E-state index contributed by atoms with van der Waals surface area (Å²) in [7, 11) is 0. The molecule has 0 unspecified atom stereocenters. The number of benzene rings is 1. The second-order valence-electron chi connectivity index (χ2n) is 7.44. The summed E-state index contributed by atoms with van der Waals surface area (Å²) in [5.74, 6) is 0.810. The predicted molar refractivity (Wildman–Crippen MR) is 112 cm³/mol. The van der Waals surface area contributed by atoms with Crippen LogP contribution in [0.1, 0.15) is 43.6 Å². The van der Waals surface area contributed by atoms with Crippen molar-refractivity contribution in [2.75, 3.05) is 31.6 Å². The van der Waals surface area contributed by atoms with Gasteiger partial charge in [0, 0.05) is 37.1 Å². The molecule has 0 atom stereocenters. The van der Waals surface area contributed by atoms with Crippen LogP contribution in [0.3, 0.4) is 0 Å². The van der Waals surface area contributed by atoms with E-state index >= 15 is 0 Å². The number of aromatic nitrogens is 2. The molecule has 1 aromatic heterocycles. The zero-order valence-corrected chi connectivity index (χ0v) is 17.8. The molecule has 6 nitrogen and oxygen atoms in total. The zero-order valence-electron chi connectivity index (χ0n) is 17.8. The highest BCUT2D eigenvalue weighted by molar-refractivity contribution is 5.40. The lowest BCUT2D eigenvalue weighted by Gasteiger charge is -2.32. The number of likely N-dealkylation sites (tertiary alicyclic amines) is 1. The lowest BCUT2D eigenvalue weighted by atomic mass is 10.0. The van der Waals surface area contributed by atoms with E-state index in [0.717, 1.165) is 49.4 Å². The van der Waals surface area contributed by atoms with Crippen molar-refractivity contribution in [3.05, 3.63) is 41.0 Å². The molecule has 0 spiro atoms. The molecule has 0 amide bonds. The molecule has 1 aliphatic rings. The summed E-state index contributed by atoms with van der Waals surface area (Å²) >= 11 is 0. The van der Waals surface area contributed by atoms with Crippen molar-refractivity contribution in [3.63, 3.8) is 0 Å². The highest BCUT2D eigenvalue weighted by Crippen LogP contribution is 2.30. The zero-order chi connectivity index (χ0) is 20.8. The van der Waals surface area contributed by atoms with Crippen molar-refractivity contribution in [1.29, 1.82) is 0 Å². The Morgan fingerprint density at radius 3 is 2.07 bits per heavy atom. The lowest BCUT2D eigenvalue weighted by molar-refractivity contribution is 0.210. The third kappa shape index (κ3) is 5.79. The minimum absolute atomic E-state index is 0.261. The van der Waals surface area contributed by atoms with E-state index in [2.05, 4.69) is 20.2 Å². The summed E-state index contributed by atoms with van der Waals surface area (Å²) in [6.45, 7) is 11.2. The summed E-state index contributed by atoms with van der Waals surface area (Å²) < 4.78 is 25.4. The Kier molecular flexibility index (Phi) is 7.25. The van der Waals surface area contributed by atoms with Gasteiger partial charge in [-0.15, -0.1) is 0 Å². The minimum atomic E-state index is -0.422. The highest BCUT2D eigenvalue weighted by Gasteiger charge is 2.21. The molecule has 3 rings (SSSR count).